The number of piperidine rings is 1. The van der Waals surface area contributed by atoms with Crippen LogP contribution in [0.4, 0.5) is 5.82 Å². The zero-order valence-corrected chi connectivity index (χ0v) is 23.1. The maximum Gasteiger partial charge on any atom is 0.310 e. The number of esters is 1. The maximum atomic E-state index is 13.3. The summed E-state index contributed by atoms with van der Waals surface area (Å²) in [4.78, 5) is 39.3. The summed E-state index contributed by atoms with van der Waals surface area (Å²) in [5.41, 5.74) is 3.59. The highest BCUT2D eigenvalue weighted by atomic mass is 32.2. The molecule has 39 heavy (non-hydrogen) atoms. The van der Waals surface area contributed by atoms with E-state index in [1.807, 2.05) is 48.5 Å². The normalized spacial score (nSPS) is 17.6. The van der Waals surface area contributed by atoms with Gasteiger partial charge < -0.3 is 19.3 Å². The molecule has 204 valence electrons. The number of ether oxygens (including phenoxy) is 2. The molecule has 8 nitrogen and oxygen atoms in total. The molecule has 1 unspecified atom stereocenters. The van der Waals surface area contributed by atoms with Crippen molar-refractivity contribution in [3.63, 3.8) is 0 Å². The Morgan fingerprint density at radius 2 is 1.85 bits per heavy atom. The van der Waals surface area contributed by atoms with Crippen molar-refractivity contribution in [2.45, 2.75) is 30.7 Å². The highest BCUT2D eigenvalue weighted by molar-refractivity contribution is 7.98. The van der Waals surface area contributed by atoms with Crippen molar-refractivity contribution in [2.75, 3.05) is 50.9 Å². The van der Waals surface area contributed by atoms with Crippen molar-refractivity contribution in [1.29, 1.82) is 0 Å². The summed E-state index contributed by atoms with van der Waals surface area (Å²) in [6.45, 7) is 6.19. The first-order valence-electron chi connectivity index (χ1n) is 13.6. The summed E-state index contributed by atoms with van der Waals surface area (Å²) in [6, 6.07) is 19.9. The van der Waals surface area contributed by atoms with Crippen molar-refractivity contribution < 1.29 is 19.1 Å². The van der Waals surface area contributed by atoms with Crippen molar-refractivity contribution in [3.8, 4) is 11.3 Å². The largest absolute Gasteiger partial charge is 0.466 e. The van der Waals surface area contributed by atoms with Crippen LogP contribution in [-0.2, 0) is 20.0 Å². The van der Waals surface area contributed by atoms with Gasteiger partial charge in [-0.2, -0.15) is 0 Å². The van der Waals surface area contributed by atoms with Gasteiger partial charge in [-0.05, 0) is 37.5 Å². The van der Waals surface area contributed by atoms with Crippen LogP contribution in [0.3, 0.4) is 0 Å². The van der Waals surface area contributed by atoms with Crippen LogP contribution in [-0.4, -0.2) is 72.7 Å². The molecule has 1 amide bonds. The number of morpholine rings is 1. The van der Waals surface area contributed by atoms with E-state index in [9.17, 15) is 9.59 Å². The molecular weight excluding hydrogens is 512 g/mol. The molecule has 3 aromatic rings. The fraction of sp³-hybridized carbons (Fsp3) is 0.400. The Balaban J connectivity index is 1.30. The van der Waals surface area contributed by atoms with E-state index in [-0.39, 0.29) is 17.8 Å². The van der Waals surface area contributed by atoms with Crippen LogP contribution in [0.15, 0.2) is 65.8 Å². The van der Waals surface area contributed by atoms with Crippen LogP contribution in [0.2, 0.25) is 0 Å². The smallest absolute Gasteiger partial charge is 0.310 e. The van der Waals surface area contributed by atoms with Gasteiger partial charge in [0.1, 0.15) is 5.82 Å². The van der Waals surface area contributed by atoms with E-state index in [2.05, 4.69) is 17.0 Å². The Kier molecular flexibility index (Phi) is 9.11. The highest BCUT2D eigenvalue weighted by Crippen LogP contribution is 2.28. The average Bonchev–Trinajstić information content (AvgIpc) is 3.01. The van der Waals surface area contributed by atoms with Crippen LogP contribution < -0.4 is 4.90 Å². The number of carbonyl (C=O) groups excluding carboxylic acids is 2. The van der Waals surface area contributed by atoms with Crippen molar-refractivity contribution in [2.24, 2.45) is 5.92 Å². The molecule has 0 radical (unpaired) electrons. The fourth-order valence-electron chi connectivity index (χ4n) is 4.93. The zero-order valence-electron chi connectivity index (χ0n) is 22.3. The number of hydrogen-bond acceptors (Lipinski definition) is 8. The van der Waals surface area contributed by atoms with Gasteiger partial charge in [0, 0.05) is 49.1 Å². The number of likely N-dealkylation sites (tertiary alicyclic amines) is 1. The van der Waals surface area contributed by atoms with Gasteiger partial charge >= 0.3 is 5.97 Å². The molecule has 0 saturated carbocycles. The van der Waals surface area contributed by atoms with E-state index < -0.39 is 0 Å². The van der Waals surface area contributed by atoms with Crippen LogP contribution in [0.5, 0.6) is 0 Å². The number of nitrogens with zero attached hydrogens (tertiary/aromatic N) is 4. The minimum Gasteiger partial charge on any atom is -0.466 e. The number of anilines is 1. The van der Waals surface area contributed by atoms with E-state index in [4.69, 9.17) is 19.4 Å². The molecule has 1 atom stereocenters. The summed E-state index contributed by atoms with van der Waals surface area (Å²) in [7, 11) is 0. The molecule has 1 aromatic heterocycles. The maximum absolute atomic E-state index is 13.3. The minimum absolute atomic E-state index is 0.0484. The molecule has 0 spiro atoms. The van der Waals surface area contributed by atoms with Crippen molar-refractivity contribution >= 4 is 29.5 Å². The monoisotopic (exact) mass is 546 g/mol. The molecule has 2 saturated heterocycles. The second kappa shape index (κ2) is 13.1. The Bertz CT molecular complexity index is 1280. The lowest BCUT2D eigenvalue weighted by Gasteiger charge is -2.31. The standard InChI is InChI=1S/C30H34N4O4S/c1-2-38-29(36)25-12-7-13-34(20-25)28(35)24-11-6-8-22(18-24)21-39-30-31-26(23-9-4-3-5-10-23)19-27(32-30)33-14-16-37-17-15-33/h3-6,8-11,18-19,25H,2,7,12-17,20-21H2,1H3. The third-order valence-corrected chi connectivity index (χ3v) is 7.89. The average molecular weight is 547 g/mol. The number of aromatic nitrogens is 2. The minimum atomic E-state index is -0.254. The van der Waals surface area contributed by atoms with E-state index in [0.717, 1.165) is 48.6 Å². The first-order chi connectivity index (χ1) is 19.1. The second-order valence-corrected chi connectivity index (χ2v) is 10.6. The third kappa shape index (κ3) is 6.96. The van der Waals surface area contributed by atoms with Crippen molar-refractivity contribution in [1.82, 2.24) is 14.9 Å². The Hall–Kier alpha value is -3.43. The summed E-state index contributed by atoms with van der Waals surface area (Å²) in [6.07, 6.45) is 1.55. The summed E-state index contributed by atoms with van der Waals surface area (Å²) >= 11 is 1.56. The number of amides is 1. The Morgan fingerprint density at radius 3 is 2.64 bits per heavy atom. The lowest BCUT2D eigenvalue weighted by molar-refractivity contribution is -0.149. The fourth-order valence-corrected chi connectivity index (χ4v) is 5.72. The number of benzene rings is 2. The van der Waals surface area contributed by atoms with Gasteiger partial charge in [-0.1, -0.05) is 54.2 Å². The zero-order chi connectivity index (χ0) is 27.0. The van der Waals surface area contributed by atoms with Gasteiger partial charge in [-0.25, -0.2) is 9.97 Å². The molecule has 0 N–H and O–H groups in total. The van der Waals surface area contributed by atoms with Gasteiger partial charge in [0.2, 0.25) is 0 Å². The first-order valence-corrected chi connectivity index (χ1v) is 14.5. The molecule has 5 rings (SSSR count). The lowest BCUT2D eigenvalue weighted by Crippen LogP contribution is -2.42. The molecule has 2 aliphatic rings. The van der Waals surface area contributed by atoms with E-state index in [0.29, 0.717) is 49.4 Å². The highest BCUT2D eigenvalue weighted by Gasteiger charge is 2.30. The summed E-state index contributed by atoms with van der Waals surface area (Å²) in [5.74, 6) is 1.02. The molecule has 3 heterocycles. The van der Waals surface area contributed by atoms with E-state index in [1.165, 1.54) is 0 Å². The Labute approximate surface area is 233 Å². The second-order valence-electron chi connectivity index (χ2n) is 9.69. The topological polar surface area (TPSA) is 84.9 Å². The van der Waals surface area contributed by atoms with Gasteiger partial charge in [0.05, 0.1) is 31.4 Å². The van der Waals surface area contributed by atoms with Crippen LogP contribution in [0, 0.1) is 5.92 Å². The van der Waals surface area contributed by atoms with Crippen molar-refractivity contribution in [3.05, 3.63) is 71.8 Å². The molecular formula is C30H34N4O4S. The van der Waals surface area contributed by atoms with Gasteiger partial charge in [-0.15, -0.1) is 0 Å². The first kappa shape index (κ1) is 27.1. The van der Waals surface area contributed by atoms with E-state index in [1.54, 1.807) is 23.6 Å². The lowest BCUT2D eigenvalue weighted by atomic mass is 9.97. The third-order valence-electron chi connectivity index (χ3n) is 6.97. The number of thioether (sulfide) groups is 1. The van der Waals surface area contributed by atoms with Crippen LogP contribution >= 0.6 is 11.8 Å². The molecule has 0 bridgehead atoms. The van der Waals surface area contributed by atoms with Gasteiger partial charge in [-0.3, -0.25) is 9.59 Å². The number of rotatable bonds is 8. The van der Waals surface area contributed by atoms with Gasteiger partial charge in [0.15, 0.2) is 5.16 Å². The molecule has 0 aliphatic carbocycles. The molecule has 9 heteroatoms. The Morgan fingerprint density at radius 1 is 1.03 bits per heavy atom. The number of carbonyl (C=O) groups is 2. The molecule has 2 aromatic carbocycles. The molecule has 2 fully saturated rings. The number of hydrogen-bond donors (Lipinski definition) is 0. The molecule has 2 aliphatic heterocycles. The SMILES string of the molecule is CCOC(=O)C1CCCN(C(=O)c2cccc(CSc3nc(-c4ccccc4)cc(N4CCOCC4)n3)c2)C1. The predicted molar refractivity (Wildman–Crippen MR) is 152 cm³/mol. The van der Waals surface area contributed by atoms with Crippen LogP contribution in [0.1, 0.15) is 35.7 Å². The quantitative estimate of drug-likeness (QED) is 0.229. The van der Waals surface area contributed by atoms with Gasteiger partial charge in [0.25, 0.3) is 5.91 Å². The predicted octanol–water partition coefficient (Wildman–Crippen LogP) is 4.69. The summed E-state index contributed by atoms with van der Waals surface area (Å²) in [5, 5.41) is 0.697. The van der Waals surface area contributed by atoms with Crippen LogP contribution in [0.25, 0.3) is 11.3 Å². The van der Waals surface area contributed by atoms with E-state index >= 15 is 0 Å². The summed E-state index contributed by atoms with van der Waals surface area (Å²) < 4.78 is 10.7.